The predicted molar refractivity (Wildman–Crippen MR) is 88.3 cm³/mol. The third-order valence-corrected chi connectivity index (χ3v) is 4.65. The van der Waals surface area contributed by atoms with Gasteiger partial charge in [0.2, 0.25) is 5.91 Å². The first-order valence-corrected chi connectivity index (χ1v) is 7.80. The summed E-state index contributed by atoms with van der Waals surface area (Å²) in [5.74, 6) is 0.983. The Balaban J connectivity index is 0.00000161. The summed E-state index contributed by atoms with van der Waals surface area (Å²) in [6, 6.07) is 5.65. The lowest BCUT2D eigenvalue weighted by atomic mass is 10.1. The van der Waals surface area contributed by atoms with Crippen LogP contribution in [0.4, 0.5) is 0 Å². The van der Waals surface area contributed by atoms with Crippen molar-refractivity contribution in [3.8, 4) is 0 Å². The van der Waals surface area contributed by atoms with Crippen molar-refractivity contribution in [3.05, 3.63) is 33.8 Å². The molecule has 2 fully saturated rings. The molecule has 0 radical (unpaired) electrons. The number of hydrogen-bond donors (Lipinski definition) is 2. The molecule has 1 aromatic carbocycles. The van der Waals surface area contributed by atoms with Crippen LogP contribution in [0, 0.1) is 11.8 Å². The molecule has 2 aliphatic rings. The van der Waals surface area contributed by atoms with Crippen LogP contribution in [-0.2, 0) is 4.79 Å². The average Bonchev–Trinajstić information content (AvgIpc) is 3.27. The normalized spacial score (nSPS) is 24.9. The molecular formula is C15H19Cl3N2O. The molecule has 3 atom stereocenters. The second kappa shape index (κ2) is 6.74. The summed E-state index contributed by atoms with van der Waals surface area (Å²) >= 11 is 12.0. The standard InChI is InChI=1S/C15H18Cl2N2O.ClH/c16-10-3-9(4-11(17)5-10)12-6-13(12)15(20)19-14(7-18)8-1-2-8;/h3-5,8,12-14H,1-2,6-7,18H2,(H,19,20);1H. The number of nitrogens with one attached hydrogen (secondary N) is 1. The molecule has 2 aliphatic carbocycles. The topological polar surface area (TPSA) is 55.1 Å². The van der Waals surface area contributed by atoms with Crippen LogP contribution in [0.25, 0.3) is 0 Å². The Morgan fingerprint density at radius 3 is 2.43 bits per heavy atom. The van der Waals surface area contributed by atoms with E-state index in [9.17, 15) is 4.79 Å². The van der Waals surface area contributed by atoms with Crippen molar-refractivity contribution < 1.29 is 4.79 Å². The van der Waals surface area contributed by atoms with Gasteiger partial charge in [-0.25, -0.2) is 0 Å². The summed E-state index contributed by atoms with van der Waals surface area (Å²) in [6.07, 6.45) is 3.23. The van der Waals surface area contributed by atoms with Gasteiger partial charge >= 0.3 is 0 Å². The first-order valence-electron chi connectivity index (χ1n) is 7.05. The SMILES string of the molecule is Cl.NCC(NC(=O)C1CC1c1cc(Cl)cc(Cl)c1)C1CC1. The molecule has 0 saturated heterocycles. The minimum absolute atomic E-state index is 0. The fraction of sp³-hybridized carbons (Fsp3) is 0.533. The number of carbonyl (C=O) groups excluding carboxylic acids is 1. The Morgan fingerprint density at radius 2 is 1.90 bits per heavy atom. The van der Waals surface area contributed by atoms with E-state index < -0.39 is 0 Å². The van der Waals surface area contributed by atoms with E-state index in [1.54, 1.807) is 6.07 Å². The number of rotatable bonds is 5. The zero-order chi connectivity index (χ0) is 14.3. The molecule has 6 heteroatoms. The monoisotopic (exact) mass is 348 g/mol. The fourth-order valence-electron chi connectivity index (χ4n) is 2.80. The highest BCUT2D eigenvalue weighted by molar-refractivity contribution is 6.34. The van der Waals surface area contributed by atoms with Gasteiger partial charge in [-0.1, -0.05) is 23.2 Å². The van der Waals surface area contributed by atoms with Crippen LogP contribution in [-0.4, -0.2) is 18.5 Å². The summed E-state index contributed by atoms with van der Waals surface area (Å²) in [5.41, 5.74) is 6.77. The smallest absolute Gasteiger partial charge is 0.224 e. The second-order valence-electron chi connectivity index (χ2n) is 5.84. The van der Waals surface area contributed by atoms with Gasteiger partial charge in [0, 0.05) is 28.5 Å². The van der Waals surface area contributed by atoms with Gasteiger partial charge in [0.15, 0.2) is 0 Å². The van der Waals surface area contributed by atoms with Crippen LogP contribution in [0.3, 0.4) is 0 Å². The molecule has 1 amide bonds. The van der Waals surface area contributed by atoms with Gasteiger partial charge in [-0.3, -0.25) is 4.79 Å². The van der Waals surface area contributed by atoms with E-state index in [0.29, 0.717) is 22.5 Å². The van der Waals surface area contributed by atoms with E-state index in [0.717, 1.165) is 12.0 Å². The summed E-state index contributed by atoms with van der Waals surface area (Å²) in [6.45, 7) is 0.525. The molecule has 3 N–H and O–H groups in total. The third-order valence-electron chi connectivity index (χ3n) is 4.21. The number of nitrogens with two attached hydrogens (primary N) is 1. The summed E-state index contributed by atoms with van der Waals surface area (Å²) in [7, 11) is 0. The third kappa shape index (κ3) is 4.04. The number of hydrogen-bond acceptors (Lipinski definition) is 2. The van der Waals surface area contributed by atoms with Gasteiger partial charge < -0.3 is 11.1 Å². The van der Waals surface area contributed by atoms with Crippen LogP contribution >= 0.6 is 35.6 Å². The molecule has 0 aromatic heterocycles. The van der Waals surface area contributed by atoms with E-state index >= 15 is 0 Å². The maximum absolute atomic E-state index is 12.2. The van der Waals surface area contributed by atoms with Gasteiger partial charge in [0.05, 0.1) is 0 Å². The number of amides is 1. The van der Waals surface area contributed by atoms with Crippen LogP contribution in [0.15, 0.2) is 18.2 Å². The molecule has 3 unspecified atom stereocenters. The van der Waals surface area contributed by atoms with Crippen LogP contribution in [0.1, 0.15) is 30.7 Å². The molecule has 0 bridgehead atoms. The Labute approximate surface area is 141 Å². The zero-order valence-electron chi connectivity index (χ0n) is 11.5. The molecule has 3 nitrogen and oxygen atoms in total. The molecule has 0 heterocycles. The van der Waals surface area contributed by atoms with E-state index in [1.807, 2.05) is 12.1 Å². The maximum Gasteiger partial charge on any atom is 0.224 e. The van der Waals surface area contributed by atoms with Crippen LogP contribution in [0.2, 0.25) is 10.0 Å². The zero-order valence-corrected chi connectivity index (χ0v) is 13.8. The lowest BCUT2D eigenvalue weighted by Gasteiger charge is -2.16. The van der Waals surface area contributed by atoms with Gasteiger partial charge in [0.25, 0.3) is 0 Å². The molecular weight excluding hydrogens is 331 g/mol. The quantitative estimate of drug-likeness (QED) is 0.856. The predicted octanol–water partition coefficient (Wildman–Crippen LogP) is 3.37. The molecule has 1 aromatic rings. The first kappa shape index (κ1) is 16.9. The lowest BCUT2D eigenvalue weighted by molar-refractivity contribution is -0.123. The van der Waals surface area contributed by atoms with Gasteiger partial charge in [-0.15, -0.1) is 12.4 Å². The van der Waals surface area contributed by atoms with Crippen LogP contribution in [0.5, 0.6) is 0 Å². The molecule has 21 heavy (non-hydrogen) atoms. The Bertz CT molecular complexity index is 513. The molecule has 3 rings (SSSR count). The molecule has 0 spiro atoms. The number of carbonyl (C=O) groups is 1. The van der Waals surface area contributed by atoms with Crippen molar-refractivity contribution in [1.82, 2.24) is 5.32 Å². The second-order valence-corrected chi connectivity index (χ2v) is 6.71. The van der Waals surface area contributed by atoms with Crippen LogP contribution < -0.4 is 11.1 Å². The van der Waals surface area contributed by atoms with E-state index in [4.69, 9.17) is 28.9 Å². The maximum atomic E-state index is 12.2. The highest BCUT2D eigenvalue weighted by Crippen LogP contribution is 2.48. The average molecular weight is 350 g/mol. The van der Waals surface area contributed by atoms with Crippen molar-refractivity contribution in [2.45, 2.75) is 31.2 Å². The molecule has 0 aliphatic heterocycles. The van der Waals surface area contributed by atoms with Crippen molar-refractivity contribution in [3.63, 3.8) is 0 Å². The van der Waals surface area contributed by atoms with Crippen molar-refractivity contribution in [1.29, 1.82) is 0 Å². The summed E-state index contributed by atoms with van der Waals surface area (Å²) < 4.78 is 0. The van der Waals surface area contributed by atoms with E-state index in [-0.39, 0.29) is 36.2 Å². The van der Waals surface area contributed by atoms with E-state index in [2.05, 4.69) is 5.32 Å². The molecule has 2 saturated carbocycles. The first-order chi connectivity index (χ1) is 9.58. The highest BCUT2D eigenvalue weighted by Gasteiger charge is 2.45. The summed E-state index contributed by atoms with van der Waals surface area (Å²) in [5, 5.41) is 4.33. The highest BCUT2D eigenvalue weighted by atomic mass is 35.5. The fourth-order valence-corrected chi connectivity index (χ4v) is 3.34. The van der Waals surface area contributed by atoms with Crippen molar-refractivity contribution >= 4 is 41.5 Å². The summed E-state index contributed by atoms with van der Waals surface area (Å²) in [4.78, 5) is 12.2. The Morgan fingerprint density at radius 1 is 1.29 bits per heavy atom. The van der Waals surface area contributed by atoms with Gasteiger partial charge in [-0.05, 0) is 54.9 Å². The largest absolute Gasteiger partial charge is 0.352 e. The van der Waals surface area contributed by atoms with Gasteiger partial charge in [-0.2, -0.15) is 0 Å². The Hall–Kier alpha value is -0.480. The number of halogens is 3. The van der Waals surface area contributed by atoms with Crippen molar-refractivity contribution in [2.75, 3.05) is 6.54 Å². The minimum Gasteiger partial charge on any atom is -0.352 e. The van der Waals surface area contributed by atoms with Gasteiger partial charge in [0.1, 0.15) is 0 Å². The Kier molecular flexibility index (Phi) is 5.42. The lowest BCUT2D eigenvalue weighted by Crippen LogP contribution is -2.42. The minimum atomic E-state index is 0. The van der Waals surface area contributed by atoms with E-state index in [1.165, 1.54) is 12.8 Å². The number of benzene rings is 1. The molecule has 116 valence electrons. The van der Waals surface area contributed by atoms with Crippen molar-refractivity contribution in [2.24, 2.45) is 17.6 Å².